The molecule has 0 saturated heterocycles. The zero-order valence-corrected chi connectivity index (χ0v) is 18.8. The van der Waals surface area contributed by atoms with Gasteiger partial charge in [-0.1, -0.05) is 41.0 Å². The smallest absolute Gasteiger partial charge is 0.335 e. The minimum Gasteiger partial charge on any atom is -0.478 e. The minimum absolute atomic E-state index is 0.186. The number of aromatic carboxylic acids is 1. The van der Waals surface area contributed by atoms with Crippen molar-refractivity contribution < 1.29 is 19.2 Å². The first-order chi connectivity index (χ1) is 16.4. The lowest BCUT2D eigenvalue weighted by molar-refractivity contribution is 0.0696. The summed E-state index contributed by atoms with van der Waals surface area (Å²) >= 11 is 6.01. The Balaban J connectivity index is 1.51. The van der Waals surface area contributed by atoms with Crippen LogP contribution in [0.5, 0.6) is 0 Å². The highest BCUT2D eigenvalue weighted by Gasteiger charge is 2.21. The molecule has 0 saturated carbocycles. The summed E-state index contributed by atoms with van der Waals surface area (Å²) in [7, 11) is 0. The summed E-state index contributed by atoms with van der Waals surface area (Å²) in [4.78, 5) is 24.5. The van der Waals surface area contributed by atoms with Crippen LogP contribution in [0.4, 0.5) is 0 Å². The van der Waals surface area contributed by atoms with Crippen LogP contribution in [-0.2, 0) is 6.54 Å². The van der Waals surface area contributed by atoms with Gasteiger partial charge in [-0.3, -0.25) is 9.48 Å². The van der Waals surface area contributed by atoms with Crippen molar-refractivity contribution in [2.24, 2.45) is 0 Å². The standard InChI is InChI=1S/C25H19ClN4O4/c1-14(16-4-6-17(7-5-16)25(32)33)29-24(31)19-10-22-20(12-28-34-22)21-11-27-30(23(19)21)13-15-2-8-18(26)9-3-15/h2-12,14H,13H2,1H3,(H,29,31)(H,32,33)/t14-/m0/s1. The Morgan fingerprint density at radius 3 is 2.53 bits per heavy atom. The van der Waals surface area contributed by atoms with E-state index in [2.05, 4.69) is 15.6 Å². The molecule has 2 aromatic heterocycles. The first kappa shape index (κ1) is 21.7. The number of rotatable bonds is 6. The highest BCUT2D eigenvalue weighted by Crippen LogP contribution is 2.30. The maximum absolute atomic E-state index is 13.4. The highest BCUT2D eigenvalue weighted by molar-refractivity contribution is 6.30. The van der Waals surface area contributed by atoms with Gasteiger partial charge < -0.3 is 14.9 Å². The van der Waals surface area contributed by atoms with Crippen molar-refractivity contribution in [1.29, 1.82) is 0 Å². The second kappa shape index (κ2) is 8.64. The number of carboxylic acid groups (broad SMARTS) is 1. The van der Waals surface area contributed by atoms with Gasteiger partial charge in [0, 0.05) is 10.4 Å². The molecule has 3 aromatic carbocycles. The van der Waals surface area contributed by atoms with Crippen molar-refractivity contribution in [3.63, 3.8) is 0 Å². The molecule has 0 aliphatic carbocycles. The predicted octanol–water partition coefficient (Wildman–Crippen LogP) is 5.07. The molecule has 34 heavy (non-hydrogen) atoms. The van der Waals surface area contributed by atoms with Gasteiger partial charge in [-0.15, -0.1) is 0 Å². The molecule has 1 amide bonds. The summed E-state index contributed by atoms with van der Waals surface area (Å²) in [6, 6.07) is 15.2. The molecule has 9 heteroatoms. The maximum atomic E-state index is 13.4. The van der Waals surface area contributed by atoms with Gasteiger partial charge in [0.1, 0.15) is 0 Å². The number of aromatic nitrogens is 3. The van der Waals surface area contributed by atoms with E-state index < -0.39 is 5.97 Å². The average Bonchev–Trinajstić information content (AvgIpc) is 3.47. The van der Waals surface area contributed by atoms with Gasteiger partial charge in [-0.05, 0) is 48.4 Å². The third kappa shape index (κ3) is 3.99. The van der Waals surface area contributed by atoms with Gasteiger partial charge in [0.25, 0.3) is 5.91 Å². The van der Waals surface area contributed by atoms with E-state index in [4.69, 9.17) is 21.2 Å². The fourth-order valence-electron chi connectivity index (χ4n) is 3.95. The first-order valence-corrected chi connectivity index (χ1v) is 10.9. The molecule has 8 nitrogen and oxygen atoms in total. The molecule has 1 atom stereocenters. The van der Waals surface area contributed by atoms with Crippen LogP contribution in [0.15, 0.2) is 71.5 Å². The lowest BCUT2D eigenvalue weighted by Gasteiger charge is -2.16. The first-order valence-electron chi connectivity index (χ1n) is 10.5. The van der Waals surface area contributed by atoms with Gasteiger partial charge >= 0.3 is 5.97 Å². The molecule has 170 valence electrons. The zero-order valence-electron chi connectivity index (χ0n) is 18.0. The molecular weight excluding hydrogens is 456 g/mol. The topological polar surface area (TPSA) is 110 Å². The molecule has 2 N–H and O–H groups in total. The van der Waals surface area contributed by atoms with Crippen molar-refractivity contribution in [2.45, 2.75) is 19.5 Å². The van der Waals surface area contributed by atoms with Crippen molar-refractivity contribution in [3.8, 4) is 0 Å². The third-order valence-corrected chi connectivity index (χ3v) is 6.01. The number of hydrogen-bond acceptors (Lipinski definition) is 5. The Bertz CT molecular complexity index is 1520. The van der Waals surface area contributed by atoms with Crippen LogP contribution in [0.1, 0.15) is 44.8 Å². The second-order valence-electron chi connectivity index (χ2n) is 7.98. The highest BCUT2D eigenvalue weighted by atomic mass is 35.5. The largest absolute Gasteiger partial charge is 0.478 e. The van der Waals surface area contributed by atoms with Crippen LogP contribution < -0.4 is 5.32 Å². The van der Waals surface area contributed by atoms with E-state index in [-0.39, 0.29) is 17.5 Å². The summed E-state index contributed by atoms with van der Waals surface area (Å²) in [5, 5.41) is 22.7. The average molecular weight is 475 g/mol. The zero-order chi connectivity index (χ0) is 23.8. The molecule has 0 fully saturated rings. The third-order valence-electron chi connectivity index (χ3n) is 5.75. The molecule has 2 heterocycles. The molecule has 5 aromatic rings. The van der Waals surface area contributed by atoms with E-state index in [1.807, 2.05) is 31.2 Å². The summed E-state index contributed by atoms with van der Waals surface area (Å²) in [5.74, 6) is -1.31. The summed E-state index contributed by atoms with van der Waals surface area (Å²) < 4.78 is 7.12. The Morgan fingerprint density at radius 2 is 1.82 bits per heavy atom. The maximum Gasteiger partial charge on any atom is 0.335 e. The van der Waals surface area contributed by atoms with Gasteiger partial charge in [-0.2, -0.15) is 5.10 Å². The molecule has 5 rings (SSSR count). The summed E-state index contributed by atoms with van der Waals surface area (Å²) in [6.45, 7) is 2.28. The van der Waals surface area contributed by atoms with Crippen molar-refractivity contribution in [2.75, 3.05) is 0 Å². The normalized spacial score (nSPS) is 12.2. The number of carbonyl (C=O) groups is 2. The van der Waals surface area contributed by atoms with E-state index in [0.29, 0.717) is 28.2 Å². The van der Waals surface area contributed by atoms with Crippen LogP contribution in [-0.4, -0.2) is 31.9 Å². The predicted molar refractivity (Wildman–Crippen MR) is 127 cm³/mol. The Kier molecular flexibility index (Phi) is 5.51. The Hall–Kier alpha value is -4.17. The number of nitrogens with zero attached hydrogens (tertiary/aromatic N) is 3. The minimum atomic E-state index is -1.00. The summed E-state index contributed by atoms with van der Waals surface area (Å²) in [6.07, 6.45) is 3.32. The number of hydrogen-bond donors (Lipinski definition) is 2. The molecule has 0 aliphatic rings. The van der Waals surface area contributed by atoms with Gasteiger partial charge in [0.05, 0.1) is 47.0 Å². The van der Waals surface area contributed by atoms with Crippen molar-refractivity contribution >= 4 is 45.3 Å². The molecule has 0 bridgehead atoms. The van der Waals surface area contributed by atoms with E-state index in [0.717, 1.165) is 21.9 Å². The quantitative estimate of drug-likeness (QED) is 0.355. The number of nitrogens with one attached hydrogen (secondary N) is 1. The number of carbonyl (C=O) groups excluding carboxylic acids is 1. The number of amides is 1. The molecule has 0 unspecified atom stereocenters. The van der Waals surface area contributed by atoms with Crippen LogP contribution in [0.2, 0.25) is 5.02 Å². The number of benzene rings is 3. The Labute approximate surface area is 198 Å². The van der Waals surface area contributed by atoms with E-state index in [9.17, 15) is 9.59 Å². The number of halogens is 1. The molecule has 0 spiro atoms. The second-order valence-corrected chi connectivity index (χ2v) is 8.41. The van der Waals surface area contributed by atoms with Crippen LogP contribution in [0, 0.1) is 0 Å². The van der Waals surface area contributed by atoms with Crippen LogP contribution in [0.25, 0.3) is 21.9 Å². The Morgan fingerprint density at radius 1 is 1.09 bits per heavy atom. The van der Waals surface area contributed by atoms with Gasteiger partial charge in [0.15, 0.2) is 5.58 Å². The SMILES string of the molecule is C[C@H](NC(=O)c1cc2oncc2c2cnn(Cc3ccc(Cl)cc3)c12)c1ccc(C(=O)O)cc1. The fraction of sp³-hybridized carbons (Fsp3) is 0.120. The van der Waals surface area contributed by atoms with Gasteiger partial charge in [-0.25, -0.2) is 4.79 Å². The van der Waals surface area contributed by atoms with Crippen LogP contribution >= 0.6 is 11.6 Å². The van der Waals surface area contributed by atoms with E-state index >= 15 is 0 Å². The van der Waals surface area contributed by atoms with Crippen molar-refractivity contribution in [1.82, 2.24) is 20.3 Å². The number of fused-ring (bicyclic) bond motifs is 3. The lowest BCUT2D eigenvalue weighted by Crippen LogP contribution is -2.27. The van der Waals surface area contributed by atoms with Gasteiger partial charge in [0.2, 0.25) is 0 Å². The van der Waals surface area contributed by atoms with Crippen molar-refractivity contribution in [3.05, 3.63) is 94.3 Å². The molecule has 0 aliphatic heterocycles. The number of carboxylic acids is 1. The summed E-state index contributed by atoms with van der Waals surface area (Å²) in [5.41, 5.74) is 3.51. The molecule has 0 radical (unpaired) electrons. The fourth-order valence-corrected chi connectivity index (χ4v) is 4.07. The van der Waals surface area contributed by atoms with E-state index in [1.165, 1.54) is 12.1 Å². The molecular formula is C25H19ClN4O4. The lowest BCUT2D eigenvalue weighted by atomic mass is 10.0. The van der Waals surface area contributed by atoms with Crippen LogP contribution in [0.3, 0.4) is 0 Å². The monoisotopic (exact) mass is 474 g/mol. The van der Waals surface area contributed by atoms with E-state index in [1.54, 1.807) is 35.3 Å².